The number of hydrogen-bond donors (Lipinski definition) is 0. The second-order valence-corrected chi connectivity index (χ2v) is 9.90. The van der Waals surface area contributed by atoms with Crippen LogP contribution in [0.3, 0.4) is 0 Å². The summed E-state index contributed by atoms with van der Waals surface area (Å²) in [7, 11) is 0. The van der Waals surface area contributed by atoms with Crippen LogP contribution in [0, 0.1) is 0 Å². The molecule has 0 atom stereocenters. The average Bonchev–Trinajstić information content (AvgIpc) is 3.13. The minimum Gasteiger partial charge on any atom is -0.462 e. The average molecular weight is 515 g/mol. The summed E-state index contributed by atoms with van der Waals surface area (Å²) in [5.74, 6) is -4.51. The summed E-state index contributed by atoms with van der Waals surface area (Å²) in [6.45, 7) is 4.88. The molecule has 2 aromatic carbocycles. The van der Waals surface area contributed by atoms with Gasteiger partial charge in [0.2, 0.25) is 0 Å². The lowest BCUT2D eigenvalue weighted by molar-refractivity contribution is 0.0461. The molecule has 0 spiro atoms. The van der Waals surface area contributed by atoms with Gasteiger partial charge in [0.25, 0.3) is 5.92 Å². The van der Waals surface area contributed by atoms with E-state index in [0.717, 1.165) is 38.5 Å². The Kier molecular flexibility index (Phi) is 11.1. The van der Waals surface area contributed by atoms with E-state index in [0.29, 0.717) is 11.1 Å². The number of carbonyl (C=O) groups is 2. The maximum atomic E-state index is 15.4. The van der Waals surface area contributed by atoms with Crippen LogP contribution in [0.15, 0.2) is 36.4 Å². The molecule has 0 aromatic heterocycles. The van der Waals surface area contributed by atoms with E-state index < -0.39 is 17.9 Å². The van der Waals surface area contributed by atoms with Crippen LogP contribution in [-0.2, 0) is 15.4 Å². The van der Waals surface area contributed by atoms with E-state index in [1.807, 2.05) is 0 Å². The highest BCUT2D eigenvalue weighted by molar-refractivity contribution is 5.94. The largest absolute Gasteiger partial charge is 0.462 e. The summed E-state index contributed by atoms with van der Waals surface area (Å²) in [4.78, 5) is 25.0. The lowest BCUT2D eigenvalue weighted by Crippen LogP contribution is -2.14. The van der Waals surface area contributed by atoms with E-state index in [4.69, 9.17) is 9.47 Å². The van der Waals surface area contributed by atoms with Crippen molar-refractivity contribution in [2.24, 2.45) is 0 Å². The first kappa shape index (κ1) is 28.8. The summed E-state index contributed by atoms with van der Waals surface area (Å²) < 4.78 is 41.5. The summed E-state index contributed by atoms with van der Waals surface area (Å²) in [5, 5.41) is 0. The van der Waals surface area contributed by atoms with Gasteiger partial charge in [-0.3, -0.25) is 0 Å². The Labute approximate surface area is 219 Å². The summed E-state index contributed by atoms with van der Waals surface area (Å²) >= 11 is 0. The van der Waals surface area contributed by atoms with Gasteiger partial charge in [-0.15, -0.1) is 0 Å². The molecule has 4 nitrogen and oxygen atoms in total. The summed E-state index contributed by atoms with van der Waals surface area (Å²) in [5.41, 5.74) is 0.453. The van der Waals surface area contributed by atoms with Crippen LogP contribution in [0.1, 0.15) is 123 Å². The van der Waals surface area contributed by atoms with Gasteiger partial charge in [-0.05, 0) is 48.2 Å². The van der Waals surface area contributed by atoms with E-state index in [-0.39, 0.29) is 35.5 Å². The zero-order valence-corrected chi connectivity index (χ0v) is 22.3. The van der Waals surface area contributed by atoms with Crippen LogP contribution < -0.4 is 0 Å². The quantitative estimate of drug-likeness (QED) is 0.166. The summed E-state index contributed by atoms with van der Waals surface area (Å²) in [6, 6.07) is 8.55. The molecule has 2 aromatic rings. The van der Waals surface area contributed by atoms with Crippen molar-refractivity contribution in [2.75, 3.05) is 13.2 Å². The van der Waals surface area contributed by atoms with Gasteiger partial charge >= 0.3 is 11.9 Å². The van der Waals surface area contributed by atoms with Gasteiger partial charge < -0.3 is 9.47 Å². The number of halogens is 2. The van der Waals surface area contributed by atoms with Crippen molar-refractivity contribution in [2.45, 2.75) is 96.8 Å². The highest BCUT2D eigenvalue weighted by Crippen LogP contribution is 2.51. The third kappa shape index (κ3) is 7.62. The molecule has 1 aliphatic carbocycles. The fraction of sp³-hybridized carbons (Fsp3) is 0.548. The van der Waals surface area contributed by atoms with Crippen molar-refractivity contribution in [1.29, 1.82) is 0 Å². The molecule has 0 bridgehead atoms. The third-order valence-electron chi connectivity index (χ3n) is 6.94. The second kappa shape index (κ2) is 14.3. The van der Waals surface area contributed by atoms with E-state index in [1.54, 1.807) is 0 Å². The molecule has 0 aliphatic heterocycles. The molecule has 0 N–H and O–H groups in total. The van der Waals surface area contributed by atoms with Crippen molar-refractivity contribution in [1.82, 2.24) is 0 Å². The molecule has 0 unspecified atom stereocenters. The first-order valence-corrected chi connectivity index (χ1v) is 13.9. The molecule has 202 valence electrons. The maximum Gasteiger partial charge on any atom is 0.338 e. The van der Waals surface area contributed by atoms with Gasteiger partial charge in [-0.2, -0.15) is 8.78 Å². The van der Waals surface area contributed by atoms with Crippen molar-refractivity contribution >= 4 is 11.9 Å². The first-order valence-electron chi connectivity index (χ1n) is 13.9. The van der Waals surface area contributed by atoms with Gasteiger partial charge in [0.05, 0.1) is 24.3 Å². The molecule has 0 saturated heterocycles. The van der Waals surface area contributed by atoms with E-state index >= 15 is 8.78 Å². The number of benzene rings is 2. The van der Waals surface area contributed by atoms with Crippen LogP contribution in [0.2, 0.25) is 0 Å². The van der Waals surface area contributed by atoms with Crippen LogP contribution >= 0.6 is 0 Å². The Balaban J connectivity index is 1.58. The predicted octanol–water partition coefficient (Wildman–Crippen LogP) is 8.84. The monoisotopic (exact) mass is 514 g/mol. The van der Waals surface area contributed by atoms with E-state index in [1.165, 1.54) is 74.9 Å². The van der Waals surface area contributed by atoms with Crippen molar-refractivity contribution < 1.29 is 27.8 Å². The SMILES string of the molecule is CCCCCCCCOC(=O)c1ccc2c(c1)C(F)(F)c1cc(C(=O)OCCCCCCCC)ccc1-2. The normalized spacial score (nSPS) is 13.2. The number of esters is 2. The highest BCUT2D eigenvalue weighted by Gasteiger charge is 2.45. The number of carbonyl (C=O) groups excluding carboxylic acids is 2. The minimum atomic E-state index is -3.32. The first-order chi connectivity index (χ1) is 17.9. The van der Waals surface area contributed by atoms with Gasteiger partial charge in [0.15, 0.2) is 0 Å². The molecule has 0 radical (unpaired) electrons. The zero-order chi connectivity index (χ0) is 26.7. The Bertz CT molecular complexity index is 966. The minimum absolute atomic E-state index is 0.107. The third-order valence-corrected chi connectivity index (χ3v) is 6.94. The fourth-order valence-corrected chi connectivity index (χ4v) is 4.74. The molecule has 0 fully saturated rings. The summed E-state index contributed by atoms with van der Waals surface area (Å²) in [6.07, 6.45) is 12.8. The number of ether oxygens (including phenoxy) is 2. The van der Waals surface area contributed by atoms with Crippen LogP contribution in [0.25, 0.3) is 11.1 Å². The Morgan fingerprint density at radius 2 is 1.00 bits per heavy atom. The van der Waals surface area contributed by atoms with Gasteiger partial charge in [-0.25, -0.2) is 9.59 Å². The van der Waals surface area contributed by atoms with E-state index in [9.17, 15) is 9.59 Å². The molecule has 6 heteroatoms. The standard InChI is InChI=1S/C31H40F2O4/c1-3-5-7-9-11-13-19-36-29(34)23-15-17-25-26-18-16-24(22-28(26)31(32,33)27(25)21-23)30(35)37-20-14-12-10-8-6-4-2/h15-18,21-22H,3-14,19-20H2,1-2H3. The predicted molar refractivity (Wildman–Crippen MR) is 142 cm³/mol. The molecule has 0 heterocycles. The molecule has 0 saturated carbocycles. The van der Waals surface area contributed by atoms with Crippen LogP contribution in [0.5, 0.6) is 0 Å². The van der Waals surface area contributed by atoms with Crippen molar-refractivity contribution in [3.05, 3.63) is 58.7 Å². The van der Waals surface area contributed by atoms with Gasteiger partial charge in [-0.1, -0.05) is 90.2 Å². The number of alkyl halides is 2. The van der Waals surface area contributed by atoms with Crippen LogP contribution in [-0.4, -0.2) is 25.2 Å². The van der Waals surface area contributed by atoms with E-state index in [2.05, 4.69) is 13.8 Å². The Morgan fingerprint density at radius 1 is 0.622 bits per heavy atom. The molecule has 0 amide bonds. The van der Waals surface area contributed by atoms with Crippen molar-refractivity contribution in [3.8, 4) is 11.1 Å². The Hall–Kier alpha value is -2.76. The number of rotatable bonds is 16. The molecular formula is C31H40F2O4. The van der Waals surface area contributed by atoms with Crippen molar-refractivity contribution in [3.63, 3.8) is 0 Å². The zero-order valence-electron chi connectivity index (χ0n) is 22.3. The molecular weight excluding hydrogens is 474 g/mol. The van der Waals surface area contributed by atoms with Gasteiger partial charge in [0, 0.05) is 11.1 Å². The molecule has 3 rings (SSSR count). The molecule has 37 heavy (non-hydrogen) atoms. The maximum absolute atomic E-state index is 15.4. The van der Waals surface area contributed by atoms with Crippen LogP contribution in [0.4, 0.5) is 8.78 Å². The number of unbranched alkanes of at least 4 members (excludes halogenated alkanes) is 10. The lowest BCUT2D eigenvalue weighted by atomic mass is 10.0. The second-order valence-electron chi connectivity index (χ2n) is 9.90. The topological polar surface area (TPSA) is 52.6 Å². The highest BCUT2D eigenvalue weighted by atomic mass is 19.3. The Morgan fingerprint density at radius 3 is 1.41 bits per heavy atom. The number of fused-ring (bicyclic) bond motifs is 3. The number of hydrogen-bond acceptors (Lipinski definition) is 4. The molecule has 1 aliphatic rings. The lowest BCUT2D eigenvalue weighted by Gasteiger charge is -2.14. The smallest absolute Gasteiger partial charge is 0.338 e. The fourth-order valence-electron chi connectivity index (χ4n) is 4.74. The van der Waals surface area contributed by atoms with Gasteiger partial charge in [0.1, 0.15) is 0 Å².